The number of ether oxygens (including phenoxy) is 3. The number of aliphatic hydroxyl groups excluding tert-OH is 1. The van der Waals surface area contributed by atoms with E-state index in [-0.39, 0.29) is 31.6 Å². The Labute approximate surface area is 202 Å². The van der Waals surface area contributed by atoms with Gasteiger partial charge in [0.2, 0.25) is 5.75 Å². The fraction of sp³-hybridized carbons (Fsp3) is 0.280. The van der Waals surface area contributed by atoms with Crippen LogP contribution >= 0.6 is 0 Å². The Kier molecular flexibility index (Phi) is 10.4. The molecule has 0 amide bonds. The fourth-order valence-electron chi connectivity index (χ4n) is 3.21. The minimum Gasteiger partial charge on any atom is -0.512 e. The van der Waals surface area contributed by atoms with Gasteiger partial charge in [-0.15, -0.1) is 34.9 Å². The summed E-state index contributed by atoms with van der Waals surface area (Å²) in [5.74, 6) is 1.72. The fourth-order valence-corrected chi connectivity index (χ4v) is 3.21. The SMILES string of the molecule is CC(=O)/C=C(/C)O.COc1cc2nc(-c3[c-]cc(C)cc3C)ccc2c(OC)c1OC.[Ir]. The molecular weight excluding hydrogens is 586 g/mol. The summed E-state index contributed by atoms with van der Waals surface area (Å²) in [7, 11) is 4.81. The summed E-state index contributed by atoms with van der Waals surface area (Å²) in [6.45, 7) is 6.98. The number of allylic oxidation sites excluding steroid dienone is 2. The number of hydrogen-bond acceptors (Lipinski definition) is 6. The Hall–Kier alpha value is -2.89. The van der Waals surface area contributed by atoms with Crippen LogP contribution in [0.15, 0.2) is 42.2 Å². The van der Waals surface area contributed by atoms with Gasteiger partial charge in [0.05, 0.1) is 32.6 Å². The topological polar surface area (TPSA) is 77.9 Å². The molecule has 0 aliphatic rings. The van der Waals surface area contributed by atoms with Crippen molar-refractivity contribution in [2.45, 2.75) is 27.7 Å². The summed E-state index contributed by atoms with van der Waals surface area (Å²) in [6, 6.07) is 13.3. The predicted molar refractivity (Wildman–Crippen MR) is 122 cm³/mol. The molecule has 0 saturated carbocycles. The maximum Gasteiger partial charge on any atom is 0.204 e. The number of fused-ring (bicyclic) bond motifs is 1. The summed E-state index contributed by atoms with van der Waals surface area (Å²) in [5, 5.41) is 9.24. The van der Waals surface area contributed by atoms with Gasteiger partial charge in [-0.1, -0.05) is 26.0 Å². The number of nitrogens with zero attached hydrogens (tertiary/aromatic N) is 1. The van der Waals surface area contributed by atoms with Crippen LogP contribution in [0.3, 0.4) is 0 Å². The van der Waals surface area contributed by atoms with E-state index in [0.29, 0.717) is 17.2 Å². The maximum absolute atomic E-state index is 10.0. The predicted octanol–water partition coefficient (Wildman–Crippen LogP) is 5.38. The van der Waals surface area contributed by atoms with Crippen LogP contribution < -0.4 is 14.2 Å². The van der Waals surface area contributed by atoms with E-state index in [0.717, 1.165) is 27.7 Å². The molecule has 0 bridgehead atoms. The van der Waals surface area contributed by atoms with Gasteiger partial charge in [-0.05, 0) is 19.5 Å². The zero-order valence-corrected chi connectivity index (χ0v) is 21.7. The minimum atomic E-state index is -0.125. The molecule has 2 aromatic carbocycles. The number of hydrogen-bond donors (Lipinski definition) is 1. The normalized spacial score (nSPS) is 10.5. The summed E-state index contributed by atoms with van der Waals surface area (Å²) in [6.07, 6.45) is 1.17. The van der Waals surface area contributed by atoms with Crippen LogP contribution in [0, 0.1) is 19.9 Å². The minimum absolute atomic E-state index is 0. The molecule has 0 spiro atoms. The molecule has 0 aliphatic heterocycles. The Balaban J connectivity index is 0.000000558. The van der Waals surface area contributed by atoms with E-state index in [1.165, 1.54) is 25.5 Å². The standard InChI is InChI=1S/C20H20NO3.C5H8O2.Ir/c1-12-6-7-14(13(2)10-12)16-9-8-15-17(21-16)11-18(22-3)20(24-5)19(15)23-4;1-4(6)3-5(2)7;/h6,8-11H,1-5H3;3,6H,1-2H3;/q-1;;/b;4-3-;. The first-order valence-corrected chi connectivity index (χ1v) is 9.68. The molecule has 3 rings (SSSR count). The molecule has 1 aromatic heterocycles. The largest absolute Gasteiger partial charge is 0.512 e. The maximum atomic E-state index is 10.0. The number of pyridine rings is 1. The van der Waals surface area contributed by atoms with Crippen LogP contribution in [0.2, 0.25) is 0 Å². The number of aromatic nitrogens is 1. The molecular formula is C25H28IrNO5-. The molecule has 173 valence electrons. The molecule has 1 N–H and O–H groups in total. The molecule has 7 heteroatoms. The Morgan fingerprint density at radius 1 is 1.03 bits per heavy atom. The summed E-state index contributed by atoms with van der Waals surface area (Å²) >= 11 is 0. The van der Waals surface area contributed by atoms with Gasteiger partial charge in [0.1, 0.15) is 0 Å². The van der Waals surface area contributed by atoms with E-state index >= 15 is 0 Å². The van der Waals surface area contributed by atoms with Gasteiger partial charge < -0.3 is 19.3 Å². The van der Waals surface area contributed by atoms with Gasteiger partial charge in [-0.25, -0.2) is 0 Å². The third-order valence-electron chi connectivity index (χ3n) is 4.45. The third-order valence-corrected chi connectivity index (χ3v) is 4.45. The number of aryl methyl sites for hydroxylation is 2. The van der Waals surface area contributed by atoms with Crippen LogP contribution in [0.1, 0.15) is 25.0 Å². The number of rotatable bonds is 5. The van der Waals surface area contributed by atoms with Crippen molar-refractivity contribution in [2.75, 3.05) is 21.3 Å². The molecule has 1 heterocycles. The van der Waals surface area contributed by atoms with E-state index in [2.05, 4.69) is 26.0 Å². The van der Waals surface area contributed by atoms with Gasteiger partial charge in [-0.2, -0.15) is 0 Å². The average Bonchev–Trinajstić information content (AvgIpc) is 2.71. The van der Waals surface area contributed by atoms with E-state index < -0.39 is 0 Å². The number of ketones is 1. The molecule has 0 fully saturated rings. The molecule has 0 aliphatic carbocycles. The van der Waals surface area contributed by atoms with Crippen molar-refractivity contribution < 1.29 is 44.2 Å². The zero-order valence-electron chi connectivity index (χ0n) is 19.3. The van der Waals surface area contributed by atoms with E-state index in [1.54, 1.807) is 21.3 Å². The number of carbonyl (C=O) groups is 1. The van der Waals surface area contributed by atoms with E-state index in [9.17, 15) is 4.79 Å². The first-order valence-electron chi connectivity index (χ1n) is 9.68. The Bertz CT molecular complexity index is 1120. The van der Waals surface area contributed by atoms with E-state index in [4.69, 9.17) is 24.3 Å². The molecule has 1 radical (unpaired) electrons. The van der Waals surface area contributed by atoms with Crippen molar-refractivity contribution in [3.05, 3.63) is 59.4 Å². The van der Waals surface area contributed by atoms with Gasteiger partial charge in [0.25, 0.3) is 0 Å². The van der Waals surface area contributed by atoms with Gasteiger partial charge >= 0.3 is 0 Å². The molecule has 0 saturated heterocycles. The van der Waals surface area contributed by atoms with E-state index in [1.807, 2.05) is 24.3 Å². The number of benzene rings is 2. The van der Waals surface area contributed by atoms with Crippen molar-refractivity contribution in [2.24, 2.45) is 0 Å². The van der Waals surface area contributed by atoms with Crippen molar-refractivity contribution in [3.8, 4) is 28.5 Å². The Morgan fingerprint density at radius 2 is 1.69 bits per heavy atom. The van der Waals surface area contributed by atoms with Crippen molar-refractivity contribution in [3.63, 3.8) is 0 Å². The van der Waals surface area contributed by atoms with Gasteiger partial charge in [0, 0.05) is 37.6 Å². The third kappa shape index (κ3) is 6.55. The molecule has 0 unspecified atom stereocenters. The number of methoxy groups -OCH3 is 3. The van der Waals surface area contributed by atoms with Crippen LogP contribution in [0.25, 0.3) is 22.2 Å². The molecule has 3 aromatic rings. The second kappa shape index (κ2) is 12.2. The molecule has 32 heavy (non-hydrogen) atoms. The van der Waals surface area contributed by atoms with Crippen molar-refractivity contribution >= 4 is 16.7 Å². The van der Waals surface area contributed by atoms with Gasteiger partial charge in [-0.3, -0.25) is 9.78 Å². The second-order valence-corrected chi connectivity index (χ2v) is 7.04. The smallest absolute Gasteiger partial charge is 0.204 e. The monoisotopic (exact) mass is 615 g/mol. The summed E-state index contributed by atoms with van der Waals surface area (Å²) in [5.41, 5.74) is 4.99. The molecule has 6 nitrogen and oxygen atoms in total. The first kappa shape index (κ1) is 27.1. The van der Waals surface area contributed by atoms with Crippen molar-refractivity contribution in [1.82, 2.24) is 4.98 Å². The van der Waals surface area contributed by atoms with Crippen LogP contribution in [-0.2, 0) is 24.9 Å². The van der Waals surface area contributed by atoms with Crippen molar-refractivity contribution in [1.29, 1.82) is 0 Å². The molecule has 0 atom stereocenters. The zero-order chi connectivity index (χ0) is 23.1. The summed E-state index contributed by atoms with van der Waals surface area (Å²) < 4.78 is 16.4. The van der Waals surface area contributed by atoms with Crippen LogP contribution in [-0.4, -0.2) is 37.2 Å². The summed E-state index contributed by atoms with van der Waals surface area (Å²) in [4.78, 5) is 14.8. The Morgan fingerprint density at radius 3 is 2.16 bits per heavy atom. The van der Waals surface area contributed by atoms with Gasteiger partial charge in [0.15, 0.2) is 17.3 Å². The average molecular weight is 615 g/mol. The first-order chi connectivity index (χ1) is 14.7. The van der Waals surface area contributed by atoms with Crippen LogP contribution in [0.5, 0.6) is 17.2 Å². The number of aliphatic hydroxyl groups is 1. The number of carbonyl (C=O) groups excluding carboxylic acids is 1. The quantitative estimate of drug-likeness (QED) is 0.236. The van der Waals surface area contributed by atoms with Crippen LogP contribution in [0.4, 0.5) is 0 Å². The second-order valence-electron chi connectivity index (χ2n) is 7.04.